The van der Waals surface area contributed by atoms with E-state index < -0.39 is 0 Å². The second-order valence-corrected chi connectivity index (χ2v) is 7.20. The lowest BCUT2D eigenvalue weighted by Gasteiger charge is -2.43. The molecule has 2 fully saturated rings. The molecule has 1 N–H and O–H groups in total. The van der Waals surface area contributed by atoms with Gasteiger partial charge in [0.1, 0.15) is 0 Å². The van der Waals surface area contributed by atoms with Crippen LogP contribution in [0, 0.1) is 11.3 Å². The van der Waals surface area contributed by atoms with Crippen LogP contribution < -0.4 is 5.32 Å². The Bertz CT molecular complexity index is 312. The maximum absolute atomic E-state index is 12.3. The Morgan fingerprint density at radius 1 is 1.21 bits per heavy atom. The van der Waals surface area contributed by atoms with Gasteiger partial charge in [-0.3, -0.25) is 9.69 Å². The molecule has 1 atom stereocenters. The summed E-state index contributed by atoms with van der Waals surface area (Å²) >= 11 is 0. The molecule has 4 heteroatoms. The molecule has 0 aliphatic carbocycles. The maximum atomic E-state index is 12.3. The highest BCUT2D eigenvalue weighted by Crippen LogP contribution is 2.28. The van der Waals surface area contributed by atoms with E-state index in [-0.39, 0.29) is 5.41 Å². The summed E-state index contributed by atoms with van der Waals surface area (Å²) in [6, 6.07) is 0.714. The monoisotopic (exact) mass is 267 g/mol. The number of nitrogens with zero attached hydrogens (tertiary/aromatic N) is 2. The van der Waals surface area contributed by atoms with Gasteiger partial charge in [0.05, 0.1) is 0 Å². The fourth-order valence-corrected chi connectivity index (χ4v) is 2.57. The summed E-state index contributed by atoms with van der Waals surface area (Å²) in [6.45, 7) is 15.0. The van der Waals surface area contributed by atoms with Crippen LogP contribution in [-0.4, -0.2) is 61.0 Å². The molecule has 2 aliphatic rings. The van der Waals surface area contributed by atoms with E-state index in [1.54, 1.807) is 0 Å². The van der Waals surface area contributed by atoms with Crippen LogP contribution in [0.3, 0.4) is 0 Å². The molecule has 2 rings (SSSR count). The van der Waals surface area contributed by atoms with Crippen LogP contribution in [0.25, 0.3) is 0 Å². The van der Waals surface area contributed by atoms with Crippen molar-refractivity contribution in [3.63, 3.8) is 0 Å². The Morgan fingerprint density at radius 3 is 2.21 bits per heavy atom. The van der Waals surface area contributed by atoms with E-state index >= 15 is 0 Å². The average Bonchev–Trinajstić information content (AvgIpc) is 2.26. The third kappa shape index (κ3) is 3.69. The molecule has 19 heavy (non-hydrogen) atoms. The highest BCUT2D eigenvalue weighted by atomic mass is 16.2. The molecule has 2 aliphatic heterocycles. The molecule has 0 aromatic rings. The Morgan fingerprint density at radius 2 is 1.79 bits per heavy atom. The van der Waals surface area contributed by atoms with E-state index in [0.29, 0.717) is 24.3 Å². The minimum Gasteiger partial charge on any atom is -0.340 e. The first-order valence-electron chi connectivity index (χ1n) is 7.60. The summed E-state index contributed by atoms with van der Waals surface area (Å²) < 4.78 is 0. The van der Waals surface area contributed by atoms with Gasteiger partial charge in [-0.05, 0) is 11.3 Å². The molecule has 0 aromatic heterocycles. The van der Waals surface area contributed by atoms with Gasteiger partial charge >= 0.3 is 0 Å². The lowest BCUT2D eigenvalue weighted by atomic mass is 9.80. The normalized spacial score (nSPS) is 24.1. The third-order valence-corrected chi connectivity index (χ3v) is 4.90. The molecule has 1 unspecified atom stereocenters. The Labute approximate surface area is 117 Å². The van der Waals surface area contributed by atoms with E-state index in [1.807, 2.05) is 0 Å². The van der Waals surface area contributed by atoms with Crippen molar-refractivity contribution in [3.8, 4) is 0 Å². The van der Waals surface area contributed by atoms with Gasteiger partial charge in [-0.15, -0.1) is 0 Å². The van der Waals surface area contributed by atoms with Crippen LogP contribution in [0.15, 0.2) is 0 Å². The maximum Gasteiger partial charge on any atom is 0.222 e. The van der Waals surface area contributed by atoms with Crippen LogP contribution in [-0.2, 0) is 4.79 Å². The van der Waals surface area contributed by atoms with Crippen LogP contribution in [0.2, 0.25) is 0 Å². The van der Waals surface area contributed by atoms with Crippen molar-refractivity contribution in [1.29, 1.82) is 0 Å². The lowest BCUT2D eigenvalue weighted by molar-refractivity contribution is -0.135. The first kappa shape index (κ1) is 14.8. The van der Waals surface area contributed by atoms with Gasteiger partial charge in [0, 0.05) is 51.7 Å². The molecule has 2 saturated heterocycles. The van der Waals surface area contributed by atoms with Gasteiger partial charge in [-0.1, -0.05) is 27.7 Å². The topological polar surface area (TPSA) is 35.6 Å². The standard InChI is InChI=1S/C15H29N3O/c1-12(15(2,3)4)9-14(19)18-7-5-17(6-8-18)13-10-16-11-13/h12-13,16H,5-11H2,1-4H3. The molecule has 2 heterocycles. The number of nitrogens with one attached hydrogen (secondary N) is 1. The SMILES string of the molecule is CC(CC(=O)N1CCN(C2CNC2)CC1)C(C)(C)C. The zero-order valence-corrected chi connectivity index (χ0v) is 12.9. The summed E-state index contributed by atoms with van der Waals surface area (Å²) in [6.07, 6.45) is 0.689. The number of carbonyl (C=O) groups is 1. The van der Waals surface area contributed by atoms with E-state index in [0.717, 1.165) is 39.3 Å². The van der Waals surface area contributed by atoms with Crippen molar-refractivity contribution in [1.82, 2.24) is 15.1 Å². The largest absolute Gasteiger partial charge is 0.340 e. The van der Waals surface area contributed by atoms with Crippen molar-refractivity contribution in [2.75, 3.05) is 39.3 Å². The van der Waals surface area contributed by atoms with Crippen molar-refractivity contribution >= 4 is 5.91 Å². The third-order valence-electron chi connectivity index (χ3n) is 4.90. The Kier molecular flexibility index (Phi) is 4.51. The molecular weight excluding hydrogens is 238 g/mol. The number of amides is 1. The van der Waals surface area contributed by atoms with Crippen molar-refractivity contribution in [3.05, 3.63) is 0 Å². The zero-order valence-electron chi connectivity index (χ0n) is 12.9. The van der Waals surface area contributed by atoms with Crippen molar-refractivity contribution < 1.29 is 4.79 Å². The first-order valence-corrected chi connectivity index (χ1v) is 7.60. The molecule has 1 amide bonds. The highest BCUT2D eigenvalue weighted by molar-refractivity contribution is 5.76. The van der Waals surface area contributed by atoms with Gasteiger partial charge in [-0.2, -0.15) is 0 Å². The molecule has 4 nitrogen and oxygen atoms in total. The van der Waals surface area contributed by atoms with Crippen LogP contribution in [0.4, 0.5) is 0 Å². The number of hydrogen-bond acceptors (Lipinski definition) is 3. The summed E-state index contributed by atoms with van der Waals surface area (Å²) in [5.41, 5.74) is 0.217. The van der Waals surface area contributed by atoms with Gasteiger partial charge < -0.3 is 10.2 Å². The number of carbonyl (C=O) groups excluding carboxylic acids is 1. The second-order valence-electron chi connectivity index (χ2n) is 7.20. The molecule has 0 aromatic carbocycles. The molecule has 0 radical (unpaired) electrons. The van der Waals surface area contributed by atoms with Crippen LogP contribution in [0.1, 0.15) is 34.1 Å². The second kappa shape index (κ2) is 5.80. The van der Waals surface area contributed by atoms with Crippen LogP contribution >= 0.6 is 0 Å². The number of piperazine rings is 1. The van der Waals surface area contributed by atoms with Crippen molar-refractivity contribution in [2.24, 2.45) is 11.3 Å². The van der Waals surface area contributed by atoms with E-state index in [9.17, 15) is 4.79 Å². The quantitative estimate of drug-likeness (QED) is 0.834. The lowest BCUT2D eigenvalue weighted by Crippen LogP contribution is -2.62. The average molecular weight is 267 g/mol. The Balaban J connectivity index is 1.75. The molecule has 0 bridgehead atoms. The van der Waals surface area contributed by atoms with Crippen molar-refractivity contribution in [2.45, 2.75) is 40.2 Å². The molecule has 0 spiro atoms. The number of rotatable bonds is 3. The van der Waals surface area contributed by atoms with Gasteiger partial charge in [0.25, 0.3) is 0 Å². The van der Waals surface area contributed by atoms with Gasteiger partial charge in [-0.25, -0.2) is 0 Å². The number of hydrogen-bond donors (Lipinski definition) is 1. The van der Waals surface area contributed by atoms with Crippen LogP contribution in [0.5, 0.6) is 0 Å². The van der Waals surface area contributed by atoms with Gasteiger partial charge in [0.2, 0.25) is 5.91 Å². The molecular formula is C15H29N3O. The predicted molar refractivity (Wildman–Crippen MR) is 78.0 cm³/mol. The zero-order chi connectivity index (χ0) is 14.0. The smallest absolute Gasteiger partial charge is 0.222 e. The predicted octanol–water partition coefficient (Wildman–Crippen LogP) is 1.17. The summed E-state index contributed by atoms with van der Waals surface area (Å²) in [5, 5.41) is 3.31. The summed E-state index contributed by atoms with van der Waals surface area (Å²) in [4.78, 5) is 16.9. The van der Waals surface area contributed by atoms with E-state index in [4.69, 9.17) is 0 Å². The fourth-order valence-electron chi connectivity index (χ4n) is 2.57. The minimum absolute atomic E-state index is 0.217. The van der Waals surface area contributed by atoms with E-state index in [2.05, 4.69) is 42.8 Å². The van der Waals surface area contributed by atoms with E-state index in [1.165, 1.54) is 0 Å². The summed E-state index contributed by atoms with van der Waals surface area (Å²) in [7, 11) is 0. The molecule has 0 saturated carbocycles. The minimum atomic E-state index is 0.217. The summed E-state index contributed by atoms with van der Waals surface area (Å²) in [5.74, 6) is 0.780. The van der Waals surface area contributed by atoms with Gasteiger partial charge in [0.15, 0.2) is 0 Å². The fraction of sp³-hybridized carbons (Fsp3) is 0.933. The first-order chi connectivity index (χ1) is 8.88. The highest BCUT2D eigenvalue weighted by Gasteiger charge is 2.30. The molecule has 110 valence electrons. The Hall–Kier alpha value is -0.610.